The second-order valence-electron chi connectivity index (χ2n) is 2.33. The van der Waals surface area contributed by atoms with Gasteiger partial charge in [0, 0.05) is 0 Å². The summed E-state index contributed by atoms with van der Waals surface area (Å²) in [6, 6.07) is 0.286. The van der Waals surface area contributed by atoms with Crippen LogP contribution in [0, 0.1) is 0 Å². The minimum atomic E-state index is 0. The van der Waals surface area contributed by atoms with Crippen molar-refractivity contribution in [3.05, 3.63) is 5.73 Å². The maximum Gasteiger partial charge on any atom is 1.00 e. The van der Waals surface area contributed by atoms with Gasteiger partial charge in [0.1, 0.15) is 0 Å². The first-order valence-corrected chi connectivity index (χ1v) is 3.11. The van der Waals surface area contributed by atoms with Gasteiger partial charge in [-0.2, -0.15) is 0 Å². The van der Waals surface area contributed by atoms with Crippen molar-refractivity contribution in [1.82, 2.24) is 0 Å². The van der Waals surface area contributed by atoms with Gasteiger partial charge >= 0.3 is 51.4 Å². The van der Waals surface area contributed by atoms with E-state index in [0.29, 0.717) is 0 Å². The number of hydrogen-bond acceptors (Lipinski definition) is 0. The zero-order chi connectivity index (χ0) is 5.11. The Morgan fingerprint density at radius 1 is 1.00 bits per heavy atom. The molecule has 0 radical (unpaired) electrons. The first kappa shape index (κ1) is 9.60. The van der Waals surface area contributed by atoms with Gasteiger partial charge in [-0.15, -0.1) is 6.04 Å². The molecule has 0 amide bonds. The molecule has 1 saturated carbocycles. The van der Waals surface area contributed by atoms with Crippen molar-refractivity contribution < 1.29 is 51.4 Å². The van der Waals surface area contributed by atoms with Gasteiger partial charge in [0.2, 0.25) is 0 Å². The molecule has 0 aromatic carbocycles. The van der Waals surface area contributed by atoms with Crippen LogP contribution in [0.4, 0.5) is 0 Å². The van der Waals surface area contributed by atoms with Crippen LogP contribution in [0.5, 0.6) is 0 Å². The zero-order valence-electron chi connectivity index (χ0n) is 5.61. The molecule has 0 aliphatic heterocycles. The molecule has 1 N–H and O–H groups in total. The van der Waals surface area contributed by atoms with E-state index in [0.717, 1.165) is 12.8 Å². The summed E-state index contributed by atoms with van der Waals surface area (Å²) in [7, 11) is 0. The van der Waals surface area contributed by atoms with Gasteiger partial charge in [0.05, 0.1) is 0 Å². The van der Waals surface area contributed by atoms with E-state index in [9.17, 15) is 0 Å². The molecule has 1 aliphatic carbocycles. The normalized spacial score (nSPS) is 22.1. The summed E-state index contributed by atoms with van der Waals surface area (Å²) in [4.78, 5) is 0. The van der Waals surface area contributed by atoms with Crippen LogP contribution in [-0.2, 0) is 0 Å². The molecule has 2 heteroatoms. The molecule has 1 aliphatic rings. The molecule has 0 unspecified atom stereocenters. The smallest absolute Gasteiger partial charge is 0.675 e. The molecule has 0 atom stereocenters. The van der Waals surface area contributed by atoms with Crippen LogP contribution in [0.1, 0.15) is 32.1 Å². The van der Waals surface area contributed by atoms with E-state index in [4.69, 9.17) is 5.73 Å². The van der Waals surface area contributed by atoms with Crippen molar-refractivity contribution in [2.24, 2.45) is 0 Å². The Bertz CT molecular complexity index is 50.5. The van der Waals surface area contributed by atoms with Gasteiger partial charge in [0.25, 0.3) is 0 Å². The van der Waals surface area contributed by atoms with E-state index in [-0.39, 0.29) is 57.4 Å². The van der Waals surface area contributed by atoms with E-state index < -0.39 is 0 Å². The average molecular weight is 137 g/mol. The van der Waals surface area contributed by atoms with Crippen molar-refractivity contribution in [2.45, 2.75) is 38.1 Å². The van der Waals surface area contributed by atoms with Gasteiger partial charge in [-0.25, -0.2) is 0 Å². The molecule has 1 rings (SSSR count). The summed E-state index contributed by atoms with van der Waals surface area (Å²) in [6.45, 7) is 0. The fourth-order valence-corrected chi connectivity index (χ4v) is 1.10. The molecular weight excluding hydrogens is 125 g/mol. The van der Waals surface area contributed by atoms with Crippen LogP contribution < -0.4 is 51.4 Å². The molecule has 1 fully saturated rings. The third kappa shape index (κ3) is 3.59. The quantitative estimate of drug-likeness (QED) is 0.397. The van der Waals surface area contributed by atoms with Crippen LogP contribution in [0.2, 0.25) is 0 Å². The molecule has 0 saturated heterocycles. The minimum Gasteiger partial charge on any atom is -0.675 e. The Labute approximate surface area is 93.8 Å². The predicted molar refractivity (Wildman–Crippen MR) is 31.2 cm³/mol. The molecule has 0 heterocycles. The van der Waals surface area contributed by atoms with Crippen LogP contribution in [0.15, 0.2) is 0 Å². The van der Waals surface area contributed by atoms with Crippen molar-refractivity contribution in [2.75, 3.05) is 0 Å². The third-order valence-corrected chi connectivity index (χ3v) is 1.61. The largest absolute Gasteiger partial charge is 1.00 e. The minimum absolute atomic E-state index is 0. The molecule has 0 spiro atoms. The zero-order valence-corrected chi connectivity index (χ0v) is 8.74. The fraction of sp³-hybridized carbons (Fsp3) is 1.00. The van der Waals surface area contributed by atoms with Crippen molar-refractivity contribution in [1.29, 1.82) is 0 Å². The van der Waals surface area contributed by atoms with Gasteiger partial charge in [0.15, 0.2) is 0 Å². The van der Waals surface area contributed by atoms with E-state index in [1.165, 1.54) is 19.3 Å². The van der Waals surface area contributed by atoms with E-state index in [1.807, 2.05) is 0 Å². The molecule has 1 nitrogen and oxygen atoms in total. The fourth-order valence-electron chi connectivity index (χ4n) is 1.10. The maximum absolute atomic E-state index is 7.27. The number of hydrogen-bond donors (Lipinski definition) is 0. The Hall–Kier alpha value is 1.60. The summed E-state index contributed by atoms with van der Waals surface area (Å²) in [5.41, 5.74) is 7.27. The summed E-state index contributed by atoms with van der Waals surface area (Å²) in [5.74, 6) is 0. The van der Waals surface area contributed by atoms with E-state index in [1.54, 1.807) is 0 Å². The molecule has 42 valence electrons. The molecule has 8 heavy (non-hydrogen) atoms. The second-order valence-corrected chi connectivity index (χ2v) is 2.33. The van der Waals surface area contributed by atoms with E-state index in [2.05, 4.69) is 0 Å². The van der Waals surface area contributed by atoms with Gasteiger partial charge < -0.3 is 5.73 Å². The Morgan fingerprint density at radius 2 is 1.50 bits per heavy atom. The Kier molecular flexibility index (Phi) is 6.46. The van der Waals surface area contributed by atoms with Crippen LogP contribution in [0.25, 0.3) is 5.73 Å². The summed E-state index contributed by atoms with van der Waals surface area (Å²) in [5, 5.41) is 0. The van der Waals surface area contributed by atoms with Crippen LogP contribution in [0.3, 0.4) is 0 Å². The van der Waals surface area contributed by atoms with Crippen molar-refractivity contribution >= 4 is 0 Å². The number of nitrogens with one attached hydrogen (secondary N) is 1. The standard InChI is InChI=1S/C6H12N.K/c7-6-4-2-1-3-5-6;/h6-7H,1-5H2;/q-1;+1. The van der Waals surface area contributed by atoms with Crippen molar-refractivity contribution in [3.63, 3.8) is 0 Å². The topological polar surface area (TPSA) is 23.8 Å². The summed E-state index contributed by atoms with van der Waals surface area (Å²) >= 11 is 0. The monoisotopic (exact) mass is 137 g/mol. The van der Waals surface area contributed by atoms with Crippen molar-refractivity contribution in [3.8, 4) is 0 Å². The Balaban J connectivity index is 0.000000490. The second kappa shape index (κ2) is 5.39. The molecule has 0 bridgehead atoms. The van der Waals surface area contributed by atoms with Gasteiger partial charge in [-0.05, 0) is 0 Å². The Morgan fingerprint density at radius 3 is 1.75 bits per heavy atom. The van der Waals surface area contributed by atoms with E-state index >= 15 is 0 Å². The SMILES string of the molecule is [K+].[NH-]C1CCCCC1. The molecule has 0 aromatic heterocycles. The van der Waals surface area contributed by atoms with Gasteiger partial charge in [-0.3, -0.25) is 0 Å². The first-order valence-electron chi connectivity index (χ1n) is 3.11. The first-order chi connectivity index (χ1) is 3.39. The predicted octanol–water partition coefficient (Wildman–Crippen LogP) is -0.625. The molecule has 0 aromatic rings. The van der Waals surface area contributed by atoms with Crippen LogP contribution in [-0.4, -0.2) is 6.04 Å². The van der Waals surface area contributed by atoms with Crippen LogP contribution >= 0.6 is 0 Å². The summed E-state index contributed by atoms with van der Waals surface area (Å²) < 4.78 is 0. The number of rotatable bonds is 0. The molecular formula is C6H12KN. The third-order valence-electron chi connectivity index (χ3n) is 1.61. The van der Waals surface area contributed by atoms with Gasteiger partial charge in [-0.1, -0.05) is 32.1 Å². The summed E-state index contributed by atoms with van der Waals surface area (Å²) in [6.07, 6.45) is 6.28. The maximum atomic E-state index is 7.27. The average Bonchev–Trinajstić information content (AvgIpc) is 1.69.